The van der Waals surface area contributed by atoms with Crippen LogP contribution in [0.3, 0.4) is 0 Å². The van der Waals surface area contributed by atoms with E-state index in [-0.39, 0.29) is 5.91 Å². The van der Waals surface area contributed by atoms with Gasteiger partial charge in [-0.05, 0) is 60.2 Å². The van der Waals surface area contributed by atoms with Gasteiger partial charge in [0.15, 0.2) is 5.17 Å². The van der Waals surface area contributed by atoms with Gasteiger partial charge in [-0.1, -0.05) is 60.1 Å². The summed E-state index contributed by atoms with van der Waals surface area (Å²) in [6.45, 7) is 0.547. The number of para-hydroxylation sites is 1. The van der Waals surface area contributed by atoms with E-state index in [0.29, 0.717) is 27.4 Å². The number of methoxy groups -OCH3 is 1. The summed E-state index contributed by atoms with van der Waals surface area (Å²) in [6, 6.07) is 25.1. The molecule has 1 fully saturated rings. The number of amides is 1. The molecule has 3 aromatic rings. The van der Waals surface area contributed by atoms with Gasteiger partial charge in [-0.3, -0.25) is 9.69 Å². The first-order valence-corrected chi connectivity index (χ1v) is 11.1. The SMILES string of the molecule is COc1ccc(Cl)cc1/C=C1/SC(=Nc2ccccc2)N(CCc2ccccc2)C1=O. The highest BCUT2D eigenvalue weighted by atomic mass is 35.5. The molecule has 1 saturated heterocycles. The lowest BCUT2D eigenvalue weighted by atomic mass is 10.1. The van der Waals surface area contributed by atoms with Crippen LogP contribution in [-0.2, 0) is 11.2 Å². The number of thioether (sulfide) groups is 1. The van der Waals surface area contributed by atoms with E-state index in [1.165, 1.54) is 17.3 Å². The second-order valence-corrected chi connectivity index (χ2v) is 8.36. The third-order valence-corrected chi connectivity index (χ3v) is 6.06. The van der Waals surface area contributed by atoms with Gasteiger partial charge in [0.1, 0.15) is 5.75 Å². The summed E-state index contributed by atoms with van der Waals surface area (Å²) in [4.78, 5) is 20.4. The van der Waals surface area contributed by atoms with Crippen molar-refractivity contribution in [1.82, 2.24) is 4.90 Å². The smallest absolute Gasteiger partial charge is 0.266 e. The summed E-state index contributed by atoms with van der Waals surface area (Å²) >= 11 is 7.53. The second kappa shape index (κ2) is 9.86. The van der Waals surface area contributed by atoms with Gasteiger partial charge in [0, 0.05) is 17.1 Å². The summed E-state index contributed by atoms with van der Waals surface area (Å²) in [6.07, 6.45) is 2.56. The lowest BCUT2D eigenvalue weighted by Gasteiger charge is -2.15. The van der Waals surface area contributed by atoms with Crippen LogP contribution in [0.5, 0.6) is 5.75 Å². The molecule has 0 radical (unpaired) electrons. The fourth-order valence-corrected chi connectivity index (χ4v) is 4.44. The minimum atomic E-state index is -0.0716. The van der Waals surface area contributed by atoms with Crippen molar-refractivity contribution in [3.63, 3.8) is 0 Å². The van der Waals surface area contributed by atoms with Crippen molar-refractivity contribution in [2.75, 3.05) is 13.7 Å². The molecule has 0 aliphatic carbocycles. The molecular formula is C25H21ClN2O2S. The number of aliphatic imine (C=N–C) groups is 1. The van der Waals surface area contributed by atoms with E-state index < -0.39 is 0 Å². The van der Waals surface area contributed by atoms with Gasteiger partial charge in [-0.15, -0.1) is 0 Å². The third-order valence-electron chi connectivity index (χ3n) is 4.81. The van der Waals surface area contributed by atoms with Gasteiger partial charge in [-0.2, -0.15) is 0 Å². The average molecular weight is 449 g/mol. The quantitative estimate of drug-likeness (QED) is 0.422. The molecule has 0 aromatic heterocycles. The van der Waals surface area contributed by atoms with Crippen LogP contribution < -0.4 is 4.74 Å². The first-order valence-electron chi connectivity index (χ1n) is 9.86. The van der Waals surface area contributed by atoms with E-state index in [0.717, 1.165) is 17.7 Å². The molecule has 1 heterocycles. The Kier molecular flexibility index (Phi) is 6.75. The molecule has 1 amide bonds. The Morgan fingerprint density at radius 2 is 1.74 bits per heavy atom. The first-order chi connectivity index (χ1) is 15.1. The summed E-state index contributed by atoms with van der Waals surface area (Å²) in [5, 5.41) is 1.25. The zero-order chi connectivity index (χ0) is 21.6. The molecule has 0 bridgehead atoms. The first kappa shape index (κ1) is 21.2. The van der Waals surface area contributed by atoms with Crippen LogP contribution in [-0.4, -0.2) is 29.6 Å². The van der Waals surface area contributed by atoms with Gasteiger partial charge in [0.05, 0.1) is 17.7 Å². The number of halogens is 1. The zero-order valence-electron chi connectivity index (χ0n) is 17.0. The van der Waals surface area contributed by atoms with Crippen molar-refractivity contribution in [2.24, 2.45) is 4.99 Å². The van der Waals surface area contributed by atoms with Gasteiger partial charge in [0.2, 0.25) is 0 Å². The van der Waals surface area contributed by atoms with Crippen LogP contribution in [0.25, 0.3) is 6.08 Å². The van der Waals surface area contributed by atoms with Crippen molar-refractivity contribution in [2.45, 2.75) is 6.42 Å². The molecular weight excluding hydrogens is 428 g/mol. The predicted molar refractivity (Wildman–Crippen MR) is 129 cm³/mol. The van der Waals surface area contributed by atoms with Crippen LogP contribution in [0, 0.1) is 0 Å². The lowest BCUT2D eigenvalue weighted by Crippen LogP contribution is -2.31. The van der Waals surface area contributed by atoms with Crippen LogP contribution >= 0.6 is 23.4 Å². The lowest BCUT2D eigenvalue weighted by molar-refractivity contribution is -0.122. The number of ether oxygens (including phenoxy) is 1. The second-order valence-electron chi connectivity index (χ2n) is 6.92. The van der Waals surface area contributed by atoms with E-state index in [9.17, 15) is 4.79 Å². The molecule has 6 heteroatoms. The molecule has 4 rings (SSSR count). The maximum Gasteiger partial charge on any atom is 0.266 e. The fraction of sp³-hybridized carbons (Fsp3) is 0.120. The Morgan fingerprint density at radius 3 is 2.45 bits per heavy atom. The van der Waals surface area contributed by atoms with E-state index in [2.05, 4.69) is 12.1 Å². The van der Waals surface area contributed by atoms with Gasteiger partial charge < -0.3 is 4.74 Å². The Hall–Kier alpha value is -3.02. The van der Waals surface area contributed by atoms with Crippen LogP contribution in [0.15, 0.2) is 88.8 Å². The summed E-state index contributed by atoms with van der Waals surface area (Å²) < 4.78 is 5.43. The highest BCUT2D eigenvalue weighted by Gasteiger charge is 2.33. The third kappa shape index (κ3) is 5.19. The molecule has 0 atom stereocenters. The number of carbonyl (C=O) groups is 1. The molecule has 1 aliphatic rings. The molecule has 0 saturated carbocycles. The monoisotopic (exact) mass is 448 g/mol. The van der Waals surface area contributed by atoms with E-state index in [1.807, 2.05) is 54.6 Å². The van der Waals surface area contributed by atoms with Gasteiger partial charge >= 0.3 is 0 Å². The minimum Gasteiger partial charge on any atom is -0.496 e. The predicted octanol–water partition coefficient (Wildman–Crippen LogP) is 6.20. The minimum absolute atomic E-state index is 0.0716. The number of amidine groups is 1. The van der Waals surface area contributed by atoms with E-state index >= 15 is 0 Å². The molecule has 4 nitrogen and oxygen atoms in total. The number of carbonyl (C=O) groups excluding carboxylic acids is 1. The highest BCUT2D eigenvalue weighted by Crippen LogP contribution is 2.36. The van der Waals surface area contributed by atoms with E-state index in [1.54, 1.807) is 30.2 Å². The molecule has 156 valence electrons. The van der Waals surface area contributed by atoms with Crippen molar-refractivity contribution in [3.8, 4) is 5.75 Å². The standard InChI is InChI=1S/C25H21ClN2O2S/c1-30-22-13-12-20(26)16-19(22)17-23-24(29)28(15-14-18-8-4-2-5-9-18)25(31-23)27-21-10-6-3-7-11-21/h2-13,16-17H,14-15H2,1H3/b23-17+,27-25?. The largest absolute Gasteiger partial charge is 0.496 e. The Morgan fingerprint density at radius 1 is 1.03 bits per heavy atom. The maximum atomic E-state index is 13.3. The Balaban J connectivity index is 1.67. The molecule has 31 heavy (non-hydrogen) atoms. The number of rotatable bonds is 6. The number of benzene rings is 3. The van der Waals surface area contributed by atoms with Gasteiger partial charge in [-0.25, -0.2) is 4.99 Å². The van der Waals surface area contributed by atoms with Crippen molar-refractivity contribution >= 4 is 46.2 Å². The Bertz CT molecular complexity index is 1130. The highest BCUT2D eigenvalue weighted by molar-refractivity contribution is 8.18. The van der Waals surface area contributed by atoms with Crippen molar-refractivity contribution in [3.05, 3.63) is 99.9 Å². The van der Waals surface area contributed by atoms with Gasteiger partial charge in [0.25, 0.3) is 5.91 Å². The summed E-state index contributed by atoms with van der Waals surface area (Å²) in [7, 11) is 1.60. The molecule has 3 aromatic carbocycles. The molecule has 0 spiro atoms. The summed E-state index contributed by atoms with van der Waals surface area (Å²) in [5.74, 6) is 0.590. The number of hydrogen-bond acceptors (Lipinski definition) is 4. The van der Waals surface area contributed by atoms with Crippen LogP contribution in [0.1, 0.15) is 11.1 Å². The topological polar surface area (TPSA) is 41.9 Å². The molecule has 0 N–H and O–H groups in total. The molecule has 1 aliphatic heterocycles. The van der Waals surface area contributed by atoms with E-state index in [4.69, 9.17) is 21.3 Å². The van der Waals surface area contributed by atoms with Crippen LogP contribution in [0.4, 0.5) is 5.69 Å². The normalized spacial score (nSPS) is 16.3. The number of hydrogen-bond donors (Lipinski definition) is 0. The fourth-order valence-electron chi connectivity index (χ4n) is 3.25. The van der Waals surface area contributed by atoms with Crippen molar-refractivity contribution in [1.29, 1.82) is 0 Å². The number of nitrogens with zero attached hydrogens (tertiary/aromatic N) is 2. The van der Waals surface area contributed by atoms with Crippen LogP contribution in [0.2, 0.25) is 5.02 Å². The average Bonchev–Trinajstić information content (AvgIpc) is 3.08. The van der Waals surface area contributed by atoms with Crippen molar-refractivity contribution < 1.29 is 9.53 Å². The Labute approximate surface area is 191 Å². The molecule has 0 unspecified atom stereocenters. The maximum absolute atomic E-state index is 13.3. The summed E-state index contributed by atoms with van der Waals surface area (Å²) in [5.41, 5.74) is 2.74. The zero-order valence-corrected chi connectivity index (χ0v) is 18.6.